The molecule has 0 atom stereocenters. The average Bonchev–Trinajstić information content (AvgIpc) is 2.46. The minimum atomic E-state index is -0.315. The van der Waals surface area contributed by atoms with Gasteiger partial charge in [-0.1, -0.05) is 38.1 Å². The Kier molecular flexibility index (Phi) is 4.84. The highest BCUT2D eigenvalue weighted by Gasteiger charge is 2.19. The van der Waals surface area contributed by atoms with Crippen molar-refractivity contribution in [1.82, 2.24) is 5.32 Å². The Hall–Kier alpha value is -1.61. The van der Waals surface area contributed by atoms with Gasteiger partial charge in [0.05, 0.1) is 0 Å². The Morgan fingerprint density at radius 3 is 2.52 bits per heavy atom. The molecule has 0 aliphatic carbocycles. The van der Waals surface area contributed by atoms with Crippen LogP contribution in [0.3, 0.4) is 0 Å². The topological polar surface area (TPSA) is 29.1 Å². The Balaban J connectivity index is 2.23. The van der Waals surface area contributed by atoms with E-state index in [4.69, 9.17) is 11.6 Å². The molecule has 0 radical (unpaired) electrons. The maximum atomic E-state index is 13.8. The molecule has 0 heterocycles. The minimum Gasteiger partial charge on any atom is -0.351 e. The van der Waals surface area contributed by atoms with E-state index in [1.54, 1.807) is 24.3 Å². The van der Waals surface area contributed by atoms with Crippen molar-refractivity contribution in [2.24, 2.45) is 5.41 Å². The monoisotopic (exact) mass is 307 g/mol. The molecule has 1 N–H and O–H groups in total. The molecule has 0 aromatic heterocycles. The number of fused-ring (bicyclic) bond motifs is 1. The van der Waals surface area contributed by atoms with Crippen molar-refractivity contribution in [3.8, 4) is 0 Å². The molecular weight excluding hydrogens is 289 g/mol. The lowest BCUT2D eigenvalue weighted by molar-refractivity contribution is 0.0937. The van der Waals surface area contributed by atoms with Crippen LogP contribution < -0.4 is 5.32 Å². The van der Waals surface area contributed by atoms with Crippen molar-refractivity contribution in [2.45, 2.75) is 20.3 Å². The average molecular weight is 308 g/mol. The first-order valence-corrected chi connectivity index (χ1v) is 7.49. The van der Waals surface area contributed by atoms with Crippen molar-refractivity contribution in [1.29, 1.82) is 0 Å². The molecule has 2 nitrogen and oxygen atoms in total. The molecule has 0 saturated carbocycles. The highest BCUT2D eigenvalue weighted by atomic mass is 35.5. The summed E-state index contributed by atoms with van der Waals surface area (Å²) >= 11 is 5.76. The Bertz CT molecular complexity index is 654. The van der Waals surface area contributed by atoms with E-state index in [0.717, 1.165) is 6.42 Å². The van der Waals surface area contributed by atoms with Crippen LogP contribution >= 0.6 is 11.6 Å². The summed E-state index contributed by atoms with van der Waals surface area (Å²) in [4.78, 5) is 12.4. The third-order valence-corrected chi connectivity index (χ3v) is 3.80. The smallest absolute Gasteiger partial charge is 0.251 e. The van der Waals surface area contributed by atoms with Crippen molar-refractivity contribution in [3.05, 3.63) is 47.8 Å². The van der Waals surface area contributed by atoms with Gasteiger partial charge in [-0.25, -0.2) is 4.39 Å². The first-order chi connectivity index (χ1) is 9.94. The lowest BCUT2D eigenvalue weighted by Crippen LogP contribution is -2.34. The van der Waals surface area contributed by atoms with E-state index in [0.29, 0.717) is 28.8 Å². The van der Waals surface area contributed by atoms with E-state index < -0.39 is 0 Å². The van der Waals surface area contributed by atoms with Crippen LogP contribution in [0.5, 0.6) is 0 Å². The van der Waals surface area contributed by atoms with Gasteiger partial charge in [0.2, 0.25) is 0 Å². The molecular formula is C17H19ClFNO. The molecule has 1 amide bonds. The van der Waals surface area contributed by atoms with Gasteiger partial charge in [0, 0.05) is 23.4 Å². The van der Waals surface area contributed by atoms with Crippen molar-refractivity contribution in [3.63, 3.8) is 0 Å². The van der Waals surface area contributed by atoms with Crippen LogP contribution in [0.25, 0.3) is 10.8 Å². The Morgan fingerprint density at radius 2 is 1.86 bits per heavy atom. The summed E-state index contributed by atoms with van der Waals surface area (Å²) in [5, 5.41) is 4.01. The second kappa shape index (κ2) is 6.44. The summed E-state index contributed by atoms with van der Waals surface area (Å²) < 4.78 is 13.8. The van der Waals surface area contributed by atoms with E-state index in [-0.39, 0.29) is 17.1 Å². The summed E-state index contributed by atoms with van der Waals surface area (Å²) in [6, 6.07) is 9.87. The molecule has 0 unspecified atom stereocenters. The minimum absolute atomic E-state index is 0.0623. The zero-order valence-electron chi connectivity index (χ0n) is 12.2. The second-order valence-corrected chi connectivity index (χ2v) is 6.30. The summed E-state index contributed by atoms with van der Waals surface area (Å²) in [5.41, 5.74) is 0.432. The fraction of sp³-hybridized carbons (Fsp3) is 0.353. The van der Waals surface area contributed by atoms with Gasteiger partial charge < -0.3 is 5.32 Å². The van der Waals surface area contributed by atoms with E-state index in [9.17, 15) is 9.18 Å². The quantitative estimate of drug-likeness (QED) is 0.817. The second-order valence-electron chi connectivity index (χ2n) is 5.93. The third-order valence-electron chi connectivity index (χ3n) is 3.61. The number of alkyl halides is 1. The number of hydrogen-bond donors (Lipinski definition) is 1. The zero-order valence-corrected chi connectivity index (χ0v) is 13.0. The maximum absolute atomic E-state index is 13.8. The lowest BCUT2D eigenvalue weighted by Gasteiger charge is -2.24. The predicted octanol–water partition coefficient (Wildman–Crippen LogP) is 4.36. The number of rotatable bonds is 5. The highest BCUT2D eigenvalue weighted by molar-refractivity contribution is 6.17. The molecule has 0 spiro atoms. The summed E-state index contributed by atoms with van der Waals surface area (Å²) in [6.07, 6.45) is 0.818. The van der Waals surface area contributed by atoms with Crippen LogP contribution in [0.4, 0.5) is 4.39 Å². The molecule has 0 bridgehead atoms. The molecule has 0 fully saturated rings. The number of carbonyl (C=O) groups excluding carboxylic acids is 1. The van der Waals surface area contributed by atoms with Gasteiger partial charge >= 0.3 is 0 Å². The van der Waals surface area contributed by atoms with Crippen LogP contribution in [0.2, 0.25) is 0 Å². The molecule has 21 heavy (non-hydrogen) atoms. The zero-order chi connectivity index (χ0) is 15.5. The molecule has 0 aliphatic rings. The van der Waals surface area contributed by atoms with E-state index >= 15 is 0 Å². The van der Waals surface area contributed by atoms with Gasteiger partial charge in [-0.15, -0.1) is 11.6 Å². The number of amides is 1. The largest absolute Gasteiger partial charge is 0.351 e. The Morgan fingerprint density at radius 1 is 1.19 bits per heavy atom. The van der Waals surface area contributed by atoms with Crippen LogP contribution in [-0.2, 0) is 0 Å². The molecule has 0 saturated heterocycles. The van der Waals surface area contributed by atoms with E-state index in [2.05, 4.69) is 19.2 Å². The summed E-state index contributed by atoms with van der Waals surface area (Å²) in [7, 11) is 0. The standard InChI is InChI=1S/C17H19ClFNO/c1-17(2,9-10-18)11-20-16(21)14-7-8-15(19)13-6-4-3-5-12(13)14/h3-8H,9-11H2,1-2H3,(H,20,21). The maximum Gasteiger partial charge on any atom is 0.251 e. The van der Waals surface area contributed by atoms with Crippen LogP contribution in [0.1, 0.15) is 30.6 Å². The molecule has 2 rings (SSSR count). The van der Waals surface area contributed by atoms with Gasteiger partial charge in [0.15, 0.2) is 0 Å². The third kappa shape index (κ3) is 3.73. The van der Waals surface area contributed by atoms with Crippen molar-refractivity contribution >= 4 is 28.3 Å². The molecule has 2 aromatic carbocycles. The van der Waals surface area contributed by atoms with Crippen LogP contribution in [0.15, 0.2) is 36.4 Å². The number of hydrogen-bond acceptors (Lipinski definition) is 1. The molecule has 4 heteroatoms. The van der Waals surface area contributed by atoms with Gasteiger partial charge in [-0.2, -0.15) is 0 Å². The molecule has 0 aliphatic heterocycles. The van der Waals surface area contributed by atoms with Crippen molar-refractivity contribution < 1.29 is 9.18 Å². The van der Waals surface area contributed by atoms with Crippen LogP contribution in [0, 0.1) is 11.2 Å². The van der Waals surface area contributed by atoms with Crippen LogP contribution in [-0.4, -0.2) is 18.3 Å². The summed E-state index contributed by atoms with van der Waals surface area (Å²) in [5.74, 6) is 0.0565. The SMILES string of the molecule is CC(C)(CCCl)CNC(=O)c1ccc(F)c2ccccc12. The van der Waals surface area contributed by atoms with E-state index in [1.165, 1.54) is 12.1 Å². The molecule has 2 aromatic rings. The summed E-state index contributed by atoms with van der Waals surface area (Å²) in [6.45, 7) is 4.64. The first kappa shape index (κ1) is 15.8. The van der Waals surface area contributed by atoms with Gasteiger partial charge in [0.25, 0.3) is 5.91 Å². The van der Waals surface area contributed by atoms with E-state index in [1.807, 2.05) is 0 Å². The van der Waals surface area contributed by atoms with Gasteiger partial charge in [-0.05, 0) is 29.4 Å². The lowest BCUT2D eigenvalue weighted by atomic mass is 9.90. The number of halogens is 2. The highest BCUT2D eigenvalue weighted by Crippen LogP contribution is 2.23. The molecule has 112 valence electrons. The predicted molar refractivity (Wildman–Crippen MR) is 85.4 cm³/mol. The first-order valence-electron chi connectivity index (χ1n) is 6.96. The normalized spacial score (nSPS) is 11.6. The number of carbonyl (C=O) groups is 1. The fourth-order valence-corrected chi connectivity index (χ4v) is 2.73. The van der Waals surface area contributed by atoms with Gasteiger partial charge in [0.1, 0.15) is 5.82 Å². The Labute approximate surface area is 129 Å². The number of nitrogens with one attached hydrogen (secondary N) is 1. The number of benzene rings is 2. The fourth-order valence-electron chi connectivity index (χ4n) is 2.22. The van der Waals surface area contributed by atoms with Crippen molar-refractivity contribution in [2.75, 3.05) is 12.4 Å². The van der Waals surface area contributed by atoms with Gasteiger partial charge in [-0.3, -0.25) is 4.79 Å².